The first kappa shape index (κ1) is 13.0. The van der Waals surface area contributed by atoms with Crippen LogP contribution in [0, 0.1) is 0 Å². The molecule has 22 heavy (non-hydrogen) atoms. The standard InChI is InChI=1S/C15H13N5OS/c1-10(12-9-19-7-8-22-15(19)18-12)17-14(21)13-4-2-3-11-5-6-16-20(11)13/h2-10H,1H3,(H,17,21)/t10-/m0/s1. The summed E-state index contributed by atoms with van der Waals surface area (Å²) in [6.45, 7) is 1.92. The molecule has 0 fully saturated rings. The van der Waals surface area contributed by atoms with Crippen molar-refractivity contribution in [1.29, 1.82) is 0 Å². The zero-order valence-electron chi connectivity index (χ0n) is 11.8. The number of pyridine rings is 1. The SMILES string of the molecule is C[C@H](NC(=O)c1cccc2ccnn12)c1cn2ccsc2n1. The second kappa shape index (κ2) is 4.96. The number of fused-ring (bicyclic) bond motifs is 2. The van der Waals surface area contributed by atoms with Gasteiger partial charge in [-0.25, -0.2) is 9.50 Å². The van der Waals surface area contributed by atoms with Crippen LogP contribution < -0.4 is 5.32 Å². The average Bonchev–Trinajstić information content (AvgIpc) is 3.21. The number of nitrogens with zero attached hydrogens (tertiary/aromatic N) is 4. The summed E-state index contributed by atoms with van der Waals surface area (Å²) in [7, 11) is 0. The first-order valence-corrected chi connectivity index (χ1v) is 7.76. The first-order chi connectivity index (χ1) is 10.7. The maximum atomic E-state index is 12.5. The molecule has 6 nitrogen and oxygen atoms in total. The molecular formula is C15H13N5OS. The molecule has 0 spiro atoms. The Balaban J connectivity index is 1.61. The number of imidazole rings is 1. The molecule has 110 valence electrons. The Labute approximate surface area is 130 Å². The van der Waals surface area contributed by atoms with Gasteiger partial charge in [0.05, 0.1) is 23.4 Å². The van der Waals surface area contributed by atoms with Gasteiger partial charge in [-0.2, -0.15) is 5.10 Å². The van der Waals surface area contributed by atoms with E-state index in [1.807, 2.05) is 47.3 Å². The number of amides is 1. The number of rotatable bonds is 3. The summed E-state index contributed by atoms with van der Waals surface area (Å²) in [5, 5.41) is 9.14. The van der Waals surface area contributed by atoms with Crippen molar-refractivity contribution in [3.8, 4) is 0 Å². The predicted molar refractivity (Wildman–Crippen MR) is 84.1 cm³/mol. The molecule has 0 saturated carbocycles. The maximum Gasteiger partial charge on any atom is 0.270 e. The highest BCUT2D eigenvalue weighted by Gasteiger charge is 2.16. The predicted octanol–water partition coefficient (Wildman–Crippen LogP) is 2.53. The average molecular weight is 311 g/mol. The van der Waals surface area contributed by atoms with E-state index in [1.54, 1.807) is 28.1 Å². The Morgan fingerprint density at radius 3 is 3.14 bits per heavy atom. The van der Waals surface area contributed by atoms with Gasteiger partial charge in [0.2, 0.25) is 0 Å². The van der Waals surface area contributed by atoms with E-state index in [0.717, 1.165) is 16.2 Å². The summed E-state index contributed by atoms with van der Waals surface area (Å²) in [4.78, 5) is 17.9. The van der Waals surface area contributed by atoms with E-state index in [4.69, 9.17) is 0 Å². The molecule has 0 bridgehead atoms. The minimum absolute atomic E-state index is 0.168. The Morgan fingerprint density at radius 1 is 1.36 bits per heavy atom. The van der Waals surface area contributed by atoms with Gasteiger partial charge >= 0.3 is 0 Å². The maximum absolute atomic E-state index is 12.5. The molecular weight excluding hydrogens is 298 g/mol. The minimum atomic E-state index is -0.176. The van der Waals surface area contributed by atoms with Gasteiger partial charge < -0.3 is 5.32 Å². The molecule has 0 aromatic carbocycles. The summed E-state index contributed by atoms with van der Waals surface area (Å²) in [6, 6.07) is 7.21. The third-order valence-electron chi connectivity index (χ3n) is 3.56. The normalized spacial score (nSPS) is 12.8. The molecule has 7 heteroatoms. The smallest absolute Gasteiger partial charge is 0.270 e. The van der Waals surface area contributed by atoms with Crippen LogP contribution in [0.15, 0.2) is 48.2 Å². The van der Waals surface area contributed by atoms with Crippen LogP contribution in [0.5, 0.6) is 0 Å². The van der Waals surface area contributed by atoms with Crippen molar-refractivity contribution in [2.75, 3.05) is 0 Å². The number of aromatic nitrogens is 4. The first-order valence-electron chi connectivity index (χ1n) is 6.88. The molecule has 4 aromatic heterocycles. The van der Waals surface area contributed by atoms with Crippen LogP contribution in [0.25, 0.3) is 10.5 Å². The van der Waals surface area contributed by atoms with Crippen molar-refractivity contribution in [2.45, 2.75) is 13.0 Å². The van der Waals surface area contributed by atoms with Crippen LogP contribution in [0.1, 0.15) is 29.1 Å². The summed E-state index contributed by atoms with van der Waals surface area (Å²) < 4.78 is 3.59. The lowest BCUT2D eigenvalue weighted by atomic mass is 10.2. The van der Waals surface area contributed by atoms with Crippen LogP contribution in [-0.2, 0) is 0 Å². The fourth-order valence-corrected chi connectivity index (χ4v) is 3.13. The molecule has 0 aliphatic rings. The number of hydrogen-bond donors (Lipinski definition) is 1. The van der Waals surface area contributed by atoms with Gasteiger partial charge in [-0.15, -0.1) is 11.3 Å². The highest BCUT2D eigenvalue weighted by Crippen LogP contribution is 2.17. The molecule has 4 rings (SSSR count). The van der Waals surface area contributed by atoms with E-state index in [0.29, 0.717) is 5.69 Å². The van der Waals surface area contributed by atoms with Gasteiger partial charge in [0.1, 0.15) is 5.69 Å². The second-order valence-electron chi connectivity index (χ2n) is 5.03. The lowest BCUT2D eigenvalue weighted by molar-refractivity contribution is 0.0931. The third-order valence-corrected chi connectivity index (χ3v) is 4.33. The van der Waals surface area contributed by atoms with Crippen LogP contribution in [-0.4, -0.2) is 24.9 Å². The Bertz CT molecular complexity index is 938. The van der Waals surface area contributed by atoms with Crippen LogP contribution in [0.2, 0.25) is 0 Å². The van der Waals surface area contributed by atoms with E-state index >= 15 is 0 Å². The van der Waals surface area contributed by atoms with Crippen molar-refractivity contribution in [1.82, 2.24) is 24.3 Å². The van der Waals surface area contributed by atoms with Crippen molar-refractivity contribution in [2.24, 2.45) is 0 Å². The Morgan fingerprint density at radius 2 is 2.27 bits per heavy atom. The molecule has 0 unspecified atom stereocenters. The minimum Gasteiger partial charge on any atom is -0.343 e. The number of carbonyl (C=O) groups is 1. The Hall–Kier alpha value is -2.67. The highest BCUT2D eigenvalue weighted by molar-refractivity contribution is 7.15. The van der Waals surface area contributed by atoms with Crippen molar-refractivity contribution < 1.29 is 4.79 Å². The van der Waals surface area contributed by atoms with E-state index in [-0.39, 0.29) is 11.9 Å². The van der Waals surface area contributed by atoms with Gasteiger partial charge in [0.25, 0.3) is 5.91 Å². The number of carbonyl (C=O) groups excluding carboxylic acids is 1. The number of hydrogen-bond acceptors (Lipinski definition) is 4. The Kier molecular flexibility index (Phi) is 2.93. The largest absolute Gasteiger partial charge is 0.343 e. The second-order valence-corrected chi connectivity index (χ2v) is 5.91. The van der Waals surface area contributed by atoms with Crippen molar-refractivity contribution in [3.05, 3.63) is 59.6 Å². The highest BCUT2D eigenvalue weighted by atomic mass is 32.1. The molecule has 1 N–H and O–H groups in total. The van der Waals surface area contributed by atoms with Crippen LogP contribution >= 0.6 is 11.3 Å². The van der Waals surface area contributed by atoms with Gasteiger partial charge in [0.15, 0.2) is 4.96 Å². The third kappa shape index (κ3) is 2.06. The van der Waals surface area contributed by atoms with Crippen molar-refractivity contribution >= 4 is 27.7 Å². The molecule has 4 aromatic rings. The van der Waals surface area contributed by atoms with E-state index in [2.05, 4.69) is 15.4 Å². The van der Waals surface area contributed by atoms with E-state index < -0.39 is 0 Å². The van der Waals surface area contributed by atoms with Crippen molar-refractivity contribution in [3.63, 3.8) is 0 Å². The molecule has 0 aliphatic heterocycles. The fourth-order valence-electron chi connectivity index (χ4n) is 2.42. The van der Waals surface area contributed by atoms with E-state index in [1.165, 1.54) is 0 Å². The lowest BCUT2D eigenvalue weighted by Gasteiger charge is -2.12. The van der Waals surface area contributed by atoms with Gasteiger partial charge in [-0.05, 0) is 25.1 Å². The van der Waals surface area contributed by atoms with E-state index in [9.17, 15) is 4.79 Å². The summed E-state index contributed by atoms with van der Waals surface area (Å²) in [6.07, 6.45) is 5.57. The number of nitrogens with one attached hydrogen (secondary N) is 1. The number of thiazole rings is 1. The summed E-state index contributed by atoms with van der Waals surface area (Å²) in [5.41, 5.74) is 2.24. The molecule has 0 radical (unpaired) electrons. The quantitative estimate of drug-likeness (QED) is 0.632. The molecule has 4 heterocycles. The van der Waals surface area contributed by atoms with Crippen LogP contribution in [0.3, 0.4) is 0 Å². The van der Waals surface area contributed by atoms with Crippen LogP contribution in [0.4, 0.5) is 0 Å². The topological polar surface area (TPSA) is 63.7 Å². The summed E-state index contributed by atoms with van der Waals surface area (Å²) >= 11 is 1.57. The summed E-state index contributed by atoms with van der Waals surface area (Å²) in [5.74, 6) is -0.168. The van der Waals surface area contributed by atoms with Gasteiger partial charge in [-0.3, -0.25) is 9.20 Å². The lowest BCUT2D eigenvalue weighted by Crippen LogP contribution is -2.28. The monoisotopic (exact) mass is 311 g/mol. The fraction of sp³-hybridized carbons (Fsp3) is 0.133. The molecule has 0 saturated heterocycles. The van der Waals surface area contributed by atoms with Gasteiger partial charge in [-0.1, -0.05) is 6.07 Å². The van der Waals surface area contributed by atoms with Gasteiger partial charge in [0, 0.05) is 17.8 Å². The molecule has 1 atom stereocenters. The zero-order chi connectivity index (χ0) is 15.1. The molecule has 1 amide bonds. The zero-order valence-corrected chi connectivity index (χ0v) is 12.6. The molecule has 0 aliphatic carbocycles.